The first-order chi connectivity index (χ1) is 14.4. The summed E-state index contributed by atoms with van der Waals surface area (Å²) in [6.45, 7) is 7.00. The first kappa shape index (κ1) is 20.4. The van der Waals surface area contributed by atoms with E-state index >= 15 is 0 Å². The molecule has 1 aliphatic heterocycles. The van der Waals surface area contributed by atoms with Gasteiger partial charge in [-0.25, -0.2) is 4.98 Å². The molecule has 7 heteroatoms. The van der Waals surface area contributed by atoms with E-state index in [0.717, 1.165) is 34.8 Å². The predicted molar refractivity (Wildman–Crippen MR) is 120 cm³/mol. The number of para-hydroxylation sites is 2. The number of benzene rings is 2. The number of nitrogens with zero attached hydrogens (tertiary/aromatic N) is 4. The number of fused-ring (bicyclic) bond motifs is 1. The van der Waals surface area contributed by atoms with Crippen molar-refractivity contribution in [3.05, 3.63) is 69.1 Å². The van der Waals surface area contributed by atoms with Crippen LogP contribution in [0.4, 0.5) is 5.69 Å². The Morgan fingerprint density at radius 2 is 1.80 bits per heavy atom. The van der Waals surface area contributed by atoms with Crippen molar-refractivity contribution >= 4 is 34.2 Å². The van der Waals surface area contributed by atoms with E-state index in [4.69, 9.17) is 11.6 Å². The van der Waals surface area contributed by atoms with E-state index in [1.165, 1.54) is 5.56 Å². The number of hydrogen-bond acceptors (Lipinski definition) is 4. The summed E-state index contributed by atoms with van der Waals surface area (Å²) in [5, 5.41) is 0.722. The zero-order chi connectivity index (χ0) is 21.3. The van der Waals surface area contributed by atoms with Gasteiger partial charge in [0.15, 0.2) is 0 Å². The maximum atomic E-state index is 12.8. The number of carbonyl (C=O) groups is 1. The zero-order valence-electron chi connectivity index (χ0n) is 17.3. The molecule has 6 nitrogen and oxygen atoms in total. The van der Waals surface area contributed by atoms with Crippen molar-refractivity contribution in [3.63, 3.8) is 0 Å². The monoisotopic (exact) mass is 424 g/mol. The molecule has 2 aromatic carbocycles. The maximum absolute atomic E-state index is 12.8. The number of carbonyl (C=O) groups excluding carboxylic acids is 1. The second kappa shape index (κ2) is 8.48. The molecule has 0 saturated carbocycles. The number of hydrogen-bond donors (Lipinski definition) is 0. The van der Waals surface area contributed by atoms with Crippen molar-refractivity contribution in [2.75, 3.05) is 31.1 Å². The van der Waals surface area contributed by atoms with Gasteiger partial charge < -0.3 is 14.4 Å². The van der Waals surface area contributed by atoms with Crippen LogP contribution in [0.3, 0.4) is 0 Å². The lowest BCUT2D eigenvalue weighted by molar-refractivity contribution is -0.131. The molecule has 3 aromatic rings. The molecule has 30 heavy (non-hydrogen) atoms. The van der Waals surface area contributed by atoms with Gasteiger partial charge in [0, 0.05) is 49.9 Å². The van der Waals surface area contributed by atoms with Crippen molar-refractivity contribution in [1.29, 1.82) is 0 Å². The number of rotatable bonds is 4. The molecule has 0 aliphatic carbocycles. The molecule has 0 radical (unpaired) electrons. The van der Waals surface area contributed by atoms with Gasteiger partial charge in [0.1, 0.15) is 5.69 Å². The maximum Gasteiger partial charge on any atom is 0.272 e. The van der Waals surface area contributed by atoms with Gasteiger partial charge in [-0.3, -0.25) is 9.59 Å². The molecule has 1 saturated heterocycles. The van der Waals surface area contributed by atoms with Crippen molar-refractivity contribution in [1.82, 2.24) is 14.5 Å². The van der Waals surface area contributed by atoms with E-state index in [-0.39, 0.29) is 11.5 Å². The van der Waals surface area contributed by atoms with Crippen LogP contribution in [-0.4, -0.2) is 46.5 Å². The van der Waals surface area contributed by atoms with Gasteiger partial charge in [-0.1, -0.05) is 29.8 Å². The largest absolute Gasteiger partial charge is 0.368 e. The average molecular weight is 425 g/mol. The van der Waals surface area contributed by atoms with Gasteiger partial charge in [0.05, 0.1) is 11.0 Å². The van der Waals surface area contributed by atoms with Crippen LogP contribution in [0.2, 0.25) is 5.02 Å². The van der Waals surface area contributed by atoms with E-state index in [2.05, 4.69) is 16.8 Å². The molecule has 4 rings (SSSR count). The van der Waals surface area contributed by atoms with Gasteiger partial charge in [-0.15, -0.1) is 0 Å². The highest BCUT2D eigenvalue weighted by Crippen LogP contribution is 2.25. The van der Waals surface area contributed by atoms with E-state index in [1.54, 1.807) is 11.5 Å². The number of piperazine rings is 1. The normalized spacial score (nSPS) is 14.4. The molecule has 0 unspecified atom stereocenters. The Labute approximate surface area is 180 Å². The van der Waals surface area contributed by atoms with Crippen LogP contribution in [-0.2, 0) is 11.3 Å². The lowest BCUT2D eigenvalue weighted by Crippen LogP contribution is -2.49. The third kappa shape index (κ3) is 4.05. The third-order valence-electron chi connectivity index (χ3n) is 5.71. The molecule has 0 bridgehead atoms. The molecule has 1 fully saturated rings. The van der Waals surface area contributed by atoms with E-state index in [0.29, 0.717) is 31.7 Å². The second-order valence-corrected chi connectivity index (χ2v) is 8.13. The topological polar surface area (TPSA) is 58.4 Å². The Morgan fingerprint density at radius 1 is 1.07 bits per heavy atom. The van der Waals surface area contributed by atoms with Crippen LogP contribution in [0.25, 0.3) is 11.0 Å². The highest BCUT2D eigenvalue weighted by Gasteiger charge is 2.22. The van der Waals surface area contributed by atoms with E-state index in [1.807, 2.05) is 47.4 Å². The summed E-state index contributed by atoms with van der Waals surface area (Å²) >= 11 is 6.16. The van der Waals surface area contributed by atoms with Crippen molar-refractivity contribution < 1.29 is 4.79 Å². The van der Waals surface area contributed by atoms with Crippen molar-refractivity contribution in [3.8, 4) is 0 Å². The molecular weight excluding hydrogens is 400 g/mol. The summed E-state index contributed by atoms with van der Waals surface area (Å²) in [6, 6.07) is 13.4. The van der Waals surface area contributed by atoms with Crippen molar-refractivity contribution in [2.24, 2.45) is 0 Å². The van der Waals surface area contributed by atoms with Crippen LogP contribution in [0.15, 0.2) is 47.3 Å². The Balaban J connectivity index is 1.42. The quantitative estimate of drug-likeness (QED) is 0.644. The lowest BCUT2D eigenvalue weighted by Gasteiger charge is -2.37. The number of amides is 1. The first-order valence-electron chi connectivity index (χ1n) is 10.2. The highest BCUT2D eigenvalue weighted by atomic mass is 35.5. The molecule has 2 heterocycles. The number of halogens is 1. The van der Waals surface area contributed by atoms with Crippen LogP contribution >= 0.6 is 11.6 Å². The summed E-state index contributed by atoms with van der Waals surface area (Å²) in [5.41, 5.74) is 4.16. The Morgan fingerprint density at radius 3 is 2.57 bits per heavy atom. The fourth-order valence-electron chi connectivity index (χ4n) is 4.03. The molecule has 0 atom stereocenters. The predicted octanol–water partition coefficient (Wildman–Crippen LogP) is 3.41. The number of aryl methyl sites for hydroxylation is 3. The van der Waals surface area contributed by atoms with Crippen molar-refractivity contribution in [2.45, 2.75) is 26.8 Å². The summed E-state index contributed by atoms with van der Waals surface area (Å²) in [6.07, 6.45) is 0.295. The number of anilines is 1. The zero-order valence-corrected chi connectivity index (χ0v) is 18.0. The van der Waals surface area contributed by atoms with Gasteiger partial charge in [0.2, 0.25) is 5.91 Å². The van der Waals surface area contributed by atoms with Gasteiger partial charge in [-0.05, 0) is 43.7 Å². The SMILES string of the molecule is Cc1ccc(Cl)cc1N1CCN(C(=O)CCn2c(=O)c(C)nc3ccccc32)CC1. The lowest BCUT2D eigenvalue weighted by atomic mass is 10.1. The summed E-state index contributed by atoms with van der Waals surface area (Å²) in [7, 11) is 0. The van der Waals surface area contributed by atoms with Crippen LogP contribution in [0, 0.1) is 13.8 Å². The van der Waals surface area contributed by atoms with Gasteiger partial charge in [0.25, 0.3) is 5.56 Å². The van der Waals surface area contributed by atoms with Crippen LogP contribution in [0.1, 0.15) is 17.7 Å². The Hall–Kier alpha value is -2.86. The highest BCUT2D eigenvalue weighted by molar-refractivity contribution is 6.30. The molecule has 0 spiro atoms. The average Bonchev–Trinajstić information content (AvgIpc) is 2.76. The molecule has 1 aliphatic rings. The summed E-state index contributed by atoms with van der Waals surface area (Å²) < 4.78 is 1.67. The van der Waals surface area contributed by atoms with E-state index in [9.17, 15) is 9.59 Å². The third-order valence-corrected chi connectivity index (χ3v) is 5.94. The molecule has 0 N–H and O–H groups in total. The smallest absolute Gasteiger partial charge is 0.272 e. The second-order valence-electron chi connectivity index (χ2n) is 7.69. The molecule has 1 amide bonds. The minimum absolute atomic E-state index is 0.0721. The summed E-state index contributed by atoms with van der Waals surface area (Å²) in [5.74, 6) is 0.0721. The van der Waals surface area contributed by atoms with Gasteiger partial charge >= 0.3 is 0 Å². The fourth-order valence-corrected chi connectivity index (χ4v) is 4.19. The molecule has 1 aromatic heterocycles. The van der Waals surface area contributed by atoms with Crippen LogP contribution < -0.4 is 10.5 Å². The minimum atomic E-state index is -0.136. The first-order valence-corrected chi connectivity index (χ1v) is 10.6. The molecule has 156 valence electrons. The Kier molecular flexibility index (Phi) is 5.77. The number of aromatic nitrogens is 2. The Bertz CT molecular complexity index is 1150. The minimum Gasteiger partial charge on any atom is -0.368 e. The summed E-state index contributed by atoms with van der Waals surface area (Å²) in [4.78, 5) is 33.9. The fraction of sp³-hybridized carbons (Fsp3) is 0.348. The standard InChI is InChI=1S/C23H25ClN4O2/c1-16-7-8-18(24)15-21(16)26-11-13-27(14-12-26)22(29)9-10-28-20-6-4-3-5-19(20)25-17(2)23(28)30/h3-8,15H,9-14H2,1-2H3. The molecular formula is C23H25ClN4O2. The van der Waals surface area contributed by atoms with E-state index < -0.39 is 0 Å². The van der Waals surface area contributed by atoms with Crippen LogP contribution in [0.5, 0.6) is 0 Å². The van der Waals surface area contributed by atoms with Gasteiger partial charge in [-0.2, -0.15) is 0 Å².